The molecule has 0 radical (unpaired) electrons. The van der Waals surface area contributed by atoms with E-state index in [4.69, 9.17) is 33.9 Å². The molecule has 125 heavy (non-hydrogen) atoms. The van der Waals surface area contributed by atoms with Crippen LogP contribution in [0, 0.1) is 0 Å². The first-order valence-electron chi connectivity index (χ1n) is 44.3. The summed E-state index contributed by atoms with van der Waals surface area (Å²) in [6.45, 7) is 9.41. The SMILES string of the molecule is CS(=O)(=O)CCc1cccc(CCc2cncc(OC[C@@H]3CCN3)c2)c1.O=S(=O)(CCCCc1cccc(-c2cncc(OC[C@@H]3CCN3)c2)c1)c1ccccc1.OCCc1cccc(CCCc2cncc(OC[C@@H]3CCN3)c2)c1.OCCc1cccc(Cc2cncc(OC[C@@H]3CCN3)c2)c1.OCc1cccc(CCc2cncc(OC[C@@H]3CCN3)c2)c1. The van der Waals surface area contributed by atoms with E-state index >= 15 is 0 Å². The van der Waals surface area contributed by atoms with Gasteiger partial charge in [0.2, 0.25) is 0 Å². The highest BCUT2D eigenvalue weighted by molar-refractivity contribution is 7.91. The molecule has 24 heteroatoms. The van der Waals surface area contributed by atoms with Crippen molar-refractivity contribution in [1.29, 1.82) is 0 Å². The van der Waals surface area contributed by atoms with Crippen LogP contribution in [0.1, 0.15) is 124 Å². The van der Waals surface area contributed by atoms with E-state index in [2.05, 4.69) is 155 Å². The molecule has 0 amide bonds. The number of aliphatic hydroxyl groups excluding tert-OH is 3. The van der Waals surface area contributed by atoms with Gasteiger partial charge in [0.15, 0.2) is 9.84 Å². The third-order valence-corrected chi connectivity index (χ3v) is 25.4. The minimum atomic E-state index is -3.21. The van der Waals surface area contributed by atoms with Crippen molar-refractivity contribution in [3.8, 4) is 39.9 Å². The highest BCUT2D eigenvalue weighted by atomic mass is 32.2. The number of aryl methyl sites for hydroxylation is 8. The van der Waals surface area contributed by atoms with E-state index in [0.29, 0.717) is 80.8 Å². The zero-order valence-electron chi connectivity index (χ0n) is 72.1. The van der Waals surface area contributed by atoms with Crippen molar-refractivity contribution in [3.05, 3.63) is 316 Å². The number of benzene rings is 6. The smallest absolute Gasteiger partial charge is 0.178 e. The normalized spacial score (nSPS) is 16.7. The first kappa shape index (κ1) is 93.8. The van der Waals surface area contributed by atoms with Crippen molar-refractivity contribution < 1.29 is 55.8 Å². The van der Waals surface area contributed by atoms with E-state index in [9.17, 15) is 21.9 Å². The molecule has 0 aliphatic carbocycles. The van der Waals surface area contributed by atoms with Crippen LogP contribution in [0.2, 0.25) is 0 Å². The molecule has 11 aromatic rings. The van der Waals surface area contributed by atoms with Crippen LogP contribution in [0.15, 0.2) is 249 Å². The molecule has 5 saturated heterocycles. The van der Waals surface area contributed by atoms with Crippen LogP contribution in [0.5, 0.6) is 28.7 Å². The maximum atomic E-state index is 12.4. The first-order valence-corrected chi connectivity index (χ1v) is 48.0. The summed E-state index contributed by atoms with van der Waals surface area (Å²) >= 11 is 0. The molecule has 16 rings (SSSR count). The molecular formula is C101H124N10O12S2. The third kappa shape index (κ3) is 33.8. The van der Waals surface area contributed by atoms with Gasteiger partial charge >= 0.3 is 0 Å². The fourth-order valence-corrected chi connectivity index (χ4v) is 16.6. The average molecular weight is 1730 g/mol. The molecule has 5 aliphatic heterocycles. The summed E-state index contributed by atoms with van der Waals surface area (Å²) in [7, 11) is -6.14. The fourth-order valence-electron chi connectivity index (χ4n) is 14.6. The van der Waals surface area contributed by atoms with E-state index in [0.717, 1.165) is 184 Å². The fraction of sp³-hybridized carbons (Fsp3) is 0.396. The Morgan fingerprint density at radius 1 is 0.304 bits per heavy atom. The lowest BCUT2D eigenvalue weighted by molar-refractivity contribution is 0.216. The molecule has 5 aliphatic rings. The van der Waals surface area contributed by atoms with Crippen molar-refractivity contribution in [2.75, 3.05) is 96.7 Å². The van der Waals surface area contributed by atoms with Crippen LogP contribution in [0.4, 0.5) is 0 Å². The van der Waals surface area contributed by atoms with Crippen LogP contribution in [0.3, 0.4) is 0 Å². The zero-order chi connectivity index (χ0) is 86.9. The summed E-state index contributed by atoms with van der Waals surface area (Å²) in [5.41, 5.74) is 17.4. The van der Waals surface area contributed by atoms with E-state index < -0.39 is 19.7 Å². The Morgan fingerprint density at radius 2 is 0.640 bits per heavy atom. The maximum Gasteiger partial charge on any atom is 0.178 e. The molecule has 0 bridgehead atoms. The van der Waals surface area contributed by atoms with Crippen LogP contribution >= 0.6 is 0 Å². The van der Waals surface area contributed by atoms with E-state index in [1.807, 2.05) is 85.6 Å². The second-order valence-corrected chi connectivity index (χ2v) is 37.2. The monoisotopic (exact) mass is 1730 g/mol. The van der Waals surface area contributed by atoms with Gasteiger partial charge in [-0.3, -0.25) is 24.9 Å². The number of hydrogen-bond acceptors (Lipinski definition) is 22. The van der Waals surface area contributed by atoms with Crippen LogP contribution < -0.4 is 50.3 Å². The first-order chi connectivity index (χ1) is 61.1. The Labute approximate surface area is 739 Å². The Morgan fingerprint density at radius 3 is 1.07 bits per heavy atom. The van der Waals surface area contributed by atoms with Crippen molar-refractivity contribution in [1.82, 2.24) is 51.5 Å². The van der Waals surface area contributed by atoms with Crippen molar-refractivity contribution >= 4 is 19.7 Å². The summed E-state index contributed by atoms with van der Waals surface area (Å²) in [6.07, 6.45) is 37.3. The van der Waals surface area contributed by atoms with Crippen LogP contribution in [0.25, 0.3) is 11.1 Å². The highest BCUT2D eigenvalue weighted by Crippen LogP contribution is 2.27. The molecule has 0 saturated carbocycles. The summed E-state index contributed by atoms with van der Waals surface area (Å²) in [5.74, 6) is 4.51. The van der Waals surface area contributed by atoms with Gasteiger partial charge < -0.3 is 65.6 Å². The quantitative estimate of drug-likeness (QED) is 0.0165. The summed E-state index contributed by atoms with van der Waals surface area (Å²) in [5, 5.41) is 43.9. The molecule has 0 spiro atoms. The van der Waals surface area contributed by atoms with Gasteiger partial charge in [-0.2, -0.15) is 0 Å². The third-order valence-electron chi connectivity index (χ3n) is 22.6. The van der Waals surface area contributed by atoms with E-state index in [-0.39, 0.29) is 31.3 Å². The molecule has 6 aromatic carbocycles. The standard InChI is InChI=1S/C25H28N2O3S.C20H26N2O3S.C20H26N2O2.2C18H22N2O2/c28-31(29,25-10-2-1-3-11-25)14-5-4-7-20-8-6-9-21(15-20)22-16-24(18-26-17-22)30-19-23-12-13-27-23;1-26(23,24)10-8-17-4-2-3-16(11-17)5-6-18-12-20(14-21-13-18)25-15-19-7-9-22-19;23-10-8-17-5-1-3-16(11-17)4-2-6-18-12-20(14-21-13-18)24-15-19-7-9-22-19;21-7-5-14-2-1-3-15(8-14)9-16-10-18(12-19-11-16)22-13-17-4-6-20-17;21-12-16-3-1-2-14(8-16)4-5-15-9-18(11-19-10-15)22-13-17-6-7-20-17/h1-3,6,8-11,15-18,23,27H,4-5,7,12-14,19H2;2-4,11-14,19,22H,5-10,15H2,1H3;1,3,5,11-14,19,22-23H,2,4,6-10,15H2;1-3,8,10-12,17,20-21H,4-7,9,13H2;1-3,8-11,17,20-21H,4-7,12-13H2/t23-;2*19-;2*17-/m00000/s1. The molecule has 5 atom stereocenters. The second-order valence-electron chi connectivity index (χ2n) is 32.9. The number of unbranched alkanes of at least 4 members (excludes halogenated alkanes) is 1. The topological polar surface area (TPSA) is 300 Å². The molecule has 662 valence electrons. The van der Waals surface area contributed by atoms with Crippen LogP contribution in [-0.2, 0) is 96.9 Å². The van der Waals surface area contributed by atoms with Crippen molar-refractivity contribution in [2.24, 2.45) is 0 Å². The van der Waals surface area contributed by atoms with Gasteiger partial charge in [-0.05, 0) is 275 Å². The Hall–Kier alpha value is -10.4. The van der Waals surface area contributed by atoms with E-state index in [1.54, 1.807) is 55.2 Å². The summed E-state index contributed by atoms with van der Waals surface area (Å²) in [6, 6.07) is 62.8. The Bertz CT molecular complexity index is 5290. The molecule has 8 N–H and O–H groups in total. The van der Waals surface area contributed by atoms with Gasteiger partial charge in [0.1, 0.15) is 71.6 Å². The Balaban J connectivity index is 0.000000143. The highest BCUT2D eigenvalue weighted by Gasteiger charge is 2.22. The minimum Gasteiger partial charge on any atom is -0.490 e. The number of aromatic nitrogens is 5. The largest absolute Gasteiger partial charge is 0.490 e. The van der Waals surface area contributed by atoms with Gasteiger partial charge in [0.05, 0.1) is 54.0 Å². The van der Waals surface area contributed by atoms with Crippen molar-refractivity contribution in [3.63, 3.8) is 0 Å². The number of aliphatic hydroxyl groups is 3. The predicted octanol–water partition coefficient (Wildman–Crippen LogP) is 13.1. The number of pyridine rings is 5. The lowest BCUT2D eigenvalue weighted by Crippen LogP contribution is -2.46. The molecule has 10 heterocycles. The minimum absolute atomic E-state index is 0.0912. The van der Waals surface area contributed by atoms with Gasteiger partial charge in [-0.25, -0.2) is 16.8 Å². The van der Waals surface area contributed by atoms with Crippen LogP contribution in [-0.4, -0.2) is 184 Å². The number of rotatable bonds is 42. The predicted molar refractivity (Wildman–Crippen MR) is 494 cm³/mol. The van der Waals surface area contributed by atoms with Gasteiger partial charge in [-0.1, -0.05) is 140 Å². The molecule has 0 unspecified atom stereocenters. The molecule has 22 nitrogen and oxygen atoms in total. The second kappa shape index (κ2) is 50.7. The van der Waals surface area contributed by atoms with Gasteiger partial charge in [0, 0.05) is 86.2 Å². The number of sulfone groups is 2. The van der Waals surface area contributed by atoms with E-state index in [1.165, 1.54) is 76.4 Å². The number of hydrogen-bond donors (Lipinski definition) is 8. The number of ether oxygens (including phenoxy) is 5. The molecule has 5 aromatic heterocycles. The lowest BCUT2D eigenvalue weighted by atomic mass is 10.0. The maximum absolute atomic E-state index is 12.4. The van der Waals surface area contributed by atoms with Gasteiger partial charge in [0.25, 0.3) is 0 Å². The zero-order valence-corrected chi connectivity index (χ0v) is 73.7. The molecular weight excluding hydrogens is 1610 g/mol. The summed E-state index contributed by atoms with van der Waals surface area (Å²) < 4.78 is 76.5. The average Bonchev–Trinajstić information content (AvgIpc) is 0.835. The summed E-state index contributed by atoms with van der Waals surface area (Å²) in [4.78, 5) is 21.9. The number of nitrogens with one attached hydrogen (secondary N) is 5. The lowest BCUT2D eigenvalue weighted by Gasteiger charge is -2.27. The van der Waals surface area contributed by atoms with Crippen molar-refractivity contribution in [2.45, 2.75) is 164 Å². The Kier molecular flexibility index (Phi) is 38.0. The van der Waals surface area contributed by atoms with Gasteiger partial charge in [-0.15, -0.1) is 0 Å². The number of nitrogens with zero attached hydrogens (tertiary/aromatic N) is 5. The molecule has 5 fully saturated rings.